The van der Waals surface area contributed by atoms with Gasteiger partial charge in [-0.25, -0.2) is 5.10 Å². The maximum absolute atomic E-state index is 5.49. The molecule has 0 bridgehead atoms. The number of anilines is 1. The van der Waals surface area contributed by atoms with Crippen LogP contribution in [0.2, 0.25) is 0 Å². The molecule has 0 amide bonds. The van der Waals surface area contributed by atoms with Gasteiger partial charge in [-0.1, -0.05) is 0 Å². The average molecular weight is 442 g/mol. The third kappa shape index (κ3) is 4.72. The number of hydrogen-bond donors (Lipinski definition) is 1. The summed E-state index contributed by atoms with van der Waals surface area (Å²) in [4.78, 5) is 2.28. The van der Waals surface area contributed by atoms with Crippen molar-refractivity contribution in [1.29, 1.82) is 0 Å². The first-order valence-corrected chi connectivity index (χ1v) is 10.3. The summed E-state index contributed by atoms with van der Waals surface area (Å²) in [6, 6.07) is 11.7. The Balaban J connectivity index is 1.99. The third-order valence-electron chi connectivity index (χ3n) is 4.96. The normalized spacial score (nSPS) is 11.0. The Bertz CT molecular complexity index is 1080. The fourth-order valence-electron chi connectivity index (χ4n) is 3.27. The molecule has 0 radical (unpaired) electrons. The molecule has 0 aliphatic rings. The molecular formula is C22H27N5O3S. The summed E-state index contributed by atoms with van der Waals surface area (Å²) < 4.78 is 18.2. The highest BCUT2D eigenvalue weighted by atomic mass is 32.1. The summed E-state index contributed by atoms with van der Waals surface area (Å²) in [5, 5.41) is 11.7. The highest BCUT2D eigenvalue weighted by Gasteiger charge is 2.13. The molecule has 0 unspecified atom stereocenters. The van der Waals surface area contributed by atoms with Gasteiger partial charge in [0.05, 0.1) is 33.1 Å². The van der Waals surface area contributed by atoms with E-state index in [1.165, 1.54) is 0 Å². The number of rotatable bonds is 9. The second kappa shape index (κ2) is 10.1. The van der Waals surface area contributed by atoms with E-state index in [4.69, 9.17) is 26.4 Å². The topological polar surface area (TPSA) is 76.9 Å². The average Bonchev–Trinajstić information content (AvgIpc) is 3.18. The van der Waals surface area contributed by atoms with Gasteiger partial charge in [0.15, 0.2) is 5.82 Å². The molecule has 0 fully saturated rings. The van der Waals surface area contributed by atoms with Crippen LogP contribution in [0.3, 0.4) is 0 Å². The lowest BCUT2D eigenvalue weighted by Crippen LogP contribution is -2.21. The van der Waals surface area contributed by atoms with Gasteiger partial charge in [-0.3, -0.25) is 0 Å². The molecule has 1 aromatic heterocycles. The Morgan fingerprint density at radius 3 is 2.16 bits per heavy atom. The van der Waals surface area contributed by atoms with E-state index >= 15 is 0 Å². The summed E-state index contributed by atoms with van der Waals surface area (Å²) in [6.45, 7) is 6.17. The standard InChI is InChI=1S/C22H27N5O3S/c1-6-26(7-2)16-10-8-15(9-11-16)21-24-25-22(31)27(21)23-14-18-19(29-4)12-17(28-3)13-20(18)30-5/h8-14H,6-7H2,1-5H3,(H,25,31). The molecule has 3 rings (SSSR count). The van der Waals surface area contributed by atoms with Crippen LogP contribution < -0.4 is 19.1 Å². The van der Waals surface area contributed by atoms with E-state index in [0.717, 1.165) is 24.3 Å². The summed E-state index contributed by atoms with van der Waals surface area (Å²) in [5.74, 6) is 2.37. The van der Waals surface area contributed by atoms with Crippen LogP contribution in [0.15, 0.2) is 41.5 Å². The van der Waals surface area contributed by atoms with Crippen LogP contribution in [0.1, 0.15) is 19.4 Å². The van der Waals surface area contributed by atoms with Crippen LogP contribution in [0, 0.1) is 4.77 Å². The molecule has 0 atom stereocenters. The Morgan fingerprint density at radius 1 is 1.03 bits per heavy atom. The van der Waals surface area contributed by atoms with Gasteiger partial charge in [0.25, 0.3) is 0 Å². The van der Waals surface area contributed by atoms with Crippen LogP contribution in [-0.4, -0.2) is 55.5 Å². The molecule has 0 spiro atoms. The molecular weight excluding hydrogens is 414 g/mol. The minimum atomic E-state index is 0.380. The molecule has 0 aliphatic heterocycles. The first kappa shape index (κ1) is 22.4. The lowest BCUT2D eigenvalue weighted by Gasteiger charge is -2.21. The van der Waals surface area contributed by atoms with Crippen molar-refractivity contribution in [3.63, 3.8) is 0 Å². The van der Waals surface area contributed by atoms with E-state index in [-0.39, 0.29) is 0 Å². The van der Waals surface area contributed by atoms with Crippen molar-refractivity contribution in [3.05, 3.63) is 46.7 Å². The minimum absolute atomic E-state index is 0.380. The predicted molar refractivity (Wildman–Crippen MR) is 125 cm³/mol. The lowest BCUT2D eigenvalue weighted by molar-refractivity contribution is 0.374. The molecule has 0 saturated heterocycles. The van der Waals surface area contributed by atoms with E-state index in [9.17, 15) is 0 Å². The highest BCUT2D eigenvalue weighted by Crippen LogP contribution is 2.33. The van der Waals surface area contributed by atoms with Gasteiger partial charge in [-0.15, -0.1) is 0 Å². The number of nitrogens with zero attached hydrogens (tertiary/aromatic N) is 4. The zero-order chi connectivity index (χ0) is 22.4. The molecule has 0 saturated carbocycles. The molecule has 1 N–H and O–H groups in total. The van der Waals surface area contributed by atoms with Crippen LogP contribution in [0.25, 0.3) is 11.4 Å². The quantitative estimate of drug-likeness (QED) is 0.393. The van der Waals surface area contributed by atoms with Gasteiger partial charge >= 0.3 is 0 Å². The van der Waals surface area contributed by atoms with E-state index < -0.39 is 0 Å². The Labute approximate surface area is 187 Å². The van der Waals surface area contributed by atoms with Gasteiger partial charge < -0.3 is 19.1 Å². The number of H-pyrrole nitrogens is 1. The van der Waals surface area contributed by atoms with E-state index in [1.807, 2.05) is 12.1 Å². The number of aromatic nitrogens is 3. The van der Waals surface area contributed by atoms with Crippen molar-refractivity contribution >= 4 is 24.1 Å². The molecule has 0 aliphatic carbocycles. The Hall–Kier alpha value is -3.33. The van der Waals surface area contributed by atoms with Gasteiger partial charge in [-0.2, -0.15) is 14.9 Å². The van der Waals surface area contributed by atoms with Crippen LogP contribution in [0.5, 0.6) is 17.2 Å². The maximum atomic E-state index is 5.49. The zero-order valence-electron chi connectivity index (χ0n) is 18.4. The van der Waals surface area contributed by atoms with Gasteiger partial charge in [0, 0.05) is 36.5 Å². The fourth-order valence-corrected chi connectivity index (χ4v) is 3.45. The number of nitrogens with one attached hydrogen (secondary N) is 1. The third-order valence-corrected chi connectivity index (χ3v) is 5.22. The first-order valence-electron chi connectivity index (χ1n) is 9.93. The Kier molecular flexibility index (Phi) is 7.30. The highest BCUT2D eigenvalue weighted by molar-refractivity contribution is 7.71. The summed E-state index contributed by atoms with van der Waals surface area (Å²) >= 11 is 5.40. The lowest BCUT2D eigenvalue weighted by atomic mass is 10.1. The van der Waals surface area contributed by atoms with Gasteiger partial charge in [0.1, 0.15) is 17.2 Å². The second-order valence-electron chi connectivity index (χ2n) is 6.57. The largest absolute Gasteiger partial charge is 0.496 e. The Morgan fingerprint density at radius 2 is 1.65 bits per heavy atom. The molecule has 2 aromatic carbocycles. The first-order chi connectivity index (χ1) is 15.1. The number of hydrogen-bond acceptors (Lipinski definition) is 7. The number of ether oxygens (including phenoxy) is 3. The number of methoxy groups -OCH3 is 3. The van der Waals surface area contributed by atoms with Crippen LogP contribution in [-0.2, 0) is 0 Å². The maximum Gasteiger partial charge on any atom is 0.216 e. The fraction of sp³-hybridized carbons (Fsp3) is 0.318. The molecule has 8 nitrogen and oxygen atoms in total. The SMILES string of the molecule is CCN(CC)c1ccc(-c2n[nH]c(=S)n2N=Cc2c(OC)cc(OC)cc2OC)cc1. The van der Waals surface area contributed by atoms with Crippen molar-refractivity contribution in [2.75, 3.05) is 39.3 Å². The monoisotopic (exact) mass is 441 g/mol. The summed E-state index contributed by atoms with van der Waals surface area (Å²) in [7, 11) is 4.75. The van der Waals surface area contributed by atoms with E-state index in [2.05, 4.69) is 46.2 Å². The molecule has 9 heteroatoms. The van der Waals surface area contributed by atoms with Crippen molar-refractivity contribution in [2.24, 2.45) is 5.10 Å². The molecule has 1 heterocycles. The predicted octanol–water partition coefficient (Wildman–Crippen LogP) is 4.36. The van der Waals surface area contributed by atoms with Crippen LogP contribution in [0.4, 0.5) is 5.69 Å². The molecule has 3 aromatic rings. The van der Waals surface area contributed by atoms with Crippen molar-refractivity contribution in [1.82, 2.24) is 14.9 Å². The van der Waals surface area contributed by atoms with Crippen molar-refractivity contribution in [2.45, 2.75) is 13.8 Å². The molecule has 164 valence electrons. The minimum Gasteiger partial charge on any atom is -0.496 e. The van der Waals surface area contributed by atoms with Crippen LogP contribution >= 0.6 is 12.2 Å². The number of benzene rings is 2. The van der Waals surface area contributed by atoms with Crippen molar-refractivity contribution < 1.29 is 14.2 Å². The zero-order valence-corrected chi connectivity index (χ0v) is 19.2. The number of aromatic amines is 1. The second-order valence-corrected chi connectivity index (χ2v) is 6.96. The van der Waals surface area contributed by atoms with Gasteiger partial charge in [-0.05, 0) is 50.3 Å². The summed E-state index contributed by atoms with van der Waals surface area (Å²) in [6.07, 6.45) is 1.64. The summed E-state index contributed by atoms with van der Waals surface area (Å²) in [5.41, 5.74) is 2.72. The van der Waals surface area contributed by atoms with E-state index in [0.29, 0.717) is 33.4 Å². The van der Waals surface area contributed by atoms with Gasteiger partial charge in [0.2, 0.25) is 4.77 Å². The smallest absolute Gasteiger partial charge is 0.216 e. The van der Waals surface area contributed by atoms with E-state index in [1.54, 1.807) is 44.4 Å². The van der Waals surface area contributed by atoms with Crippen molar-refractivity contribution in [3.8, 4) is 28.6 Å². The molecule has 31 heavy (non-hydrogen) atoms.